The van der Waals surface area contributed by atoms with Gasteiger partial charge in [0.15, 0.2) is 6.23 Å². The fourth-order valence-corrected chi connectivity index (χ4v) is 0.808. The van der Waals surface area contributed by atoms with Crippen molar-refractivity contribution in [1.29, 1.82) is 0 Å². The van der Waals surface area contributed by atoms with Crippen LogP contribution in [0.2, 0.25) is 0 Å². The Morgan fingerprint density at radius 1 is 1.54 bits per heavy atom. The Morgan fingerprint density at radius 2 is 2.08 bits per heavy atom. The van der Waals surface area contributed by atoms with E-state index in [1.165, 1.54) is 0 Å². The highest BCUT2D eigenvalue weighted by Crippen LogP contribution is 2.17. The van der Waals surface area contributed by atoms with Crippen LogP contribution in [0.15, 0.2) is 0 Å². The quantitative estimate of drug-likeness (QED) is 0.202. The summed E-state index contributed by atoms with van der Waals surface area (Å²) in [6.45, 7) is 0. The zero-order valence-electron chi connectivity index (χ0n) is 6.05. The van der Waals surface area contributed by atoms with Gasteiger partial charge in [0, 0.05) is 0 Å². The summed E-state index contributed by atoms with van der Waals surface area (Å²) in [6.07, 6.45) is -3.95. The van der Waals surface area contributed by atoms with Crippen molar-refractivity contribution >= 4 is 17.8 Å². The number of aliphatic hydroxyl groups is 2. The topological polar surface area (TPSA) is 133 Å². The van der Waals surface area contributed by atoms with Gasteiger partial charge in [0.05, 0.1) is 0 Å². The number of Topliss-reactive ketones (excluding diaryl/α,β-unsaturated/α-hetero) is 1. The average Bonchev–Trinajstić information content (AvgIpc) is 2.15. The number of carboxylic acid groups (broad SMARTS) is 1. The number of ether oxygens (including phenoxy) is 1. The van der Waals surface area contributed by atoms with Gasteiger partial charge in [-0.2, -0.15) is 0 Å². The molecule has 72 valence electrons. The number of carbonyl (C=O) groups is 3. The van der Waals surface area contributed by atoms with Gasteiger partial charge in [-0.05, 0) is 0 Å². The number of aliphatic hydroxyl groups excluding tert-OH is 1. The van der Waals surface area contributed by atoms with Crippen LogP contribution in [0.4, 0.5) is 4.79 Å². The molecule has 0 aromatic heterocycles. The predicted molar refractivity (Wildman–Crippen MR) is 33.2 cm³/mol. The first-order chi connectivity index (χ1) is 5.88. The van der Waals surface area contributed by atoms with Gasteiger partial charge in [-0.3, -0.25) is 9.59 Å². The summed E-state index contributed by atoms with van der Waals surface area (Å²) >= 11 is 0. The molecular weight excluding hydrogens is 186 g/mol. The summed E-state index contributed by atoms with van der Waals surface area (Å²) in [7, 11) is 0. The number of ketones is 1. The molecule has 1 aliphatic heterocycles. The van der Waals surface area contributed by atoms with Crippen molar-refractivity contribution in [1.82, 2.24) is 5.32 Å². The molecule has 2 atom stereocenters. The van der Waals surface area contributed by atoms with Crippen molar-refractivity contribution in [3.8, 4) is 0 Å². The Kier molecular flexibility index (Phi) is 1.94. The number of hydrogen-bond acceptors (Lipinski definition) is 6. The Bertz CT molecular complexity index is 287. The van der Waals surface area contributed by atoms with Crippen LogP contribution in [0, 0.1) is 0 Å². The molecule has 1 rings (SSSR count). The van der Waals surface area contributed by atoms with E-state index in [1.54, 1.807) is 5.32 Å². The van der Waals surface area contributed by atoms with Crippen molar-refractivity contribution in [3.05, 3.63) is 0 Å². The first kappa shape index (κ1) is 9.42. The molecule has 0 aliphatic carbocycles. The van der Waals surface area contributed by atoms with E-state index < -0.39 is 29.9 Å². The van der Waals surface area contributed by atoms with Crippen molar-refractivity contribution in [3.63, 3.8) is 0 Å². The molecule has 1 fully saturated rings. The van der Waals surface area contributed by atoms with Crippen LogP contribution in [-0.4, -0.2) is 45.2 Å². The van der Waals surface area contributed by atoms with Gasteiger partial charge in [0.25, 0.3) is 5.78 Å². The second-order valence-corrected chi connectivity index (χ2v) is 2.25. The lowest BCUT2D eigenvalue weighted by atomic mass is 10.2. The van der Waals surface area contributed by atoms with E-state index in [2.05, 4.69) is 4.74 Å². The molecule has 0 aromatic rings. The smallest absolute Gasteiger partial charge is 0.450 e. The molecule has 0 saturated carbocycles. The molecule has 2 unspecified atom stereocenters. The largest absolute Gasteiger partial charge is 0.509 e. The van der Waals surface area contributed by atoms with Crippen LogP contribution in [-0.2, 0) is 14.3 Å². The molecule has 0 spiro atoms. The molecule has 1 aliphatic rings. The maximum absolute atomic E-state index is 10.8. The lowest BCUT2D eigenvalue weighted by Gasteiger charge is -2.14. The van der Waals surface area contributed by atoms with Crippen LogP contribution in [0.25, 0.3) is 0 Å². The Balaban J connectivity index is 2.94. The molecule has 1 heterocycles. The van der Waals surface area contributed by atoms with Crippen molar-refractivity contribution in [2.75, 3.05) is 0 Å². The van der Waals surface area contributed by atoms with Crippen molar-refractivity contribution in [2.45, 2.75) is 12.0 Å². The summed E-state index contributed by atoms with van der Waals surface area (Å²) in [6, 6.07) is 0. The number of amides is 1. The minimum absolute atomic E-state index is 1.41. The molecule has 0 aromatic carbocycles. The molecule has 8 heteroatoms. The third kappa shape index (κ3) is 1.32. The zero-order chi connectivity index (χ0) is 10.2. The number of nitrogens with one attached hydrogen (secondary N) is 1. The van der Waals surface area contributed by atoms with Gasteiger partial charge in [0.2, 0.25) is 0 Å². The van der Waals surface area contributed by atoms with Gasteiger partial charge in [-0.15, -0.1) is 0 Å². The first-order valence-electron chi connectivity index (χ1n) is 3.05. The Morgan fingerprint density at radius 3 is 2.38 bits per heavy atom. The highest BCUT2D eigenvalue weighted by Gasteiger charge is 2.57. The summed E-state index contributed by atoms with van der Waals surface area (Å²) in [5.74, 6) is -6.00. The van der Waals surface area contributed by atoms with E-state index in [0.717, 1.165) is 0 Å². The lowest BCUT2D eigenvalue weighted by Crippen LogP contribution is -2.47. The van der Waals surface area contributed by atoms with E-state index in [-0.39, 0.29) is 0 Å². The molecule has 1 saturated heterocycles. The molecule has 0 bridgehead atoms. The second kappa shape index (κ2) is 2.68. The van der Waals surface area contributed by atoms with Gasteiger partial charge < -0.3 is 25.4 Å². The van der Waals surface area contributed by atoms with Crippen molar-refractivity contribution in [2.24, 2.45) is 0 Å². The summed E-state index contributed by atoms with van der Waals surface area (Å²) < 4.78 is 3.64. The minimum atomic E-state index is -3.13. The van der Waals surface area contributed by atoms with E-state index in [9.17, 15) is 14.4 Å². The Labute approximate surface area is 70.7 Å². The molecule has 1 amide bonds. The van der Waals surface area contributed by atoms with E-state index in [1.807, 2.05) is 0 Å². The standard InChI is InChI=1S/C5H5NO7/c7-1-2(8)6-3(9)5(1,12)13-4(10)11/h2,8,12H,(H,6,9)(H,10,11). The number of hydrogen-bond donors (Lipinski definition) is 4. The highest BCUT2D eigenvalue weighted by molar-refractivity contribution is 6.15. The van der Waals surface area contributed by atoms with Gasteiger partial charge >= 0.3 is 17.8 Å². The van der Waals surface area contributed by atoms with Crippen LogP contribution in [0.5, 0.6) is 0 Å². The molecule has 8 nitrogen and oxygen atoms in total. The van der Waals surface area contributed by atoms with Gasteiger partial charge in [-0.1, -0.05) is 0 Å². The maximum Gasteiger partial charge on any atom is 0.509 e. The predicted octanol–water partition coefficient (Wildman–Crippen LogP) is -2.61. The maximum atomic E-state index is 10.8. The fraction of sp³-hybridized carbons (Fsp3) is 0.400. The average molecular weight is 191 g/mol. The van der Waals surface area contributed by atoms with E-state index in [0.29, 0.717) is 0 Å². The third-order valence-corrected chi connectivity index (χ3v) is 1.39. The van der Waals surface area contributed by atoms with Crippen LogP contribution in [0.1, 0.15) is 0 Å². The lowest BCUT2D eigenvalue weighted by molar-refractivity contribution is -0.188. The SMILES string of the molecule is O=C(O)OC1(O)C(=O)NC(O)C1=O. The summed E-state index contributed by atoms with van der Waals surface area (Å²) in [4.78, 5) is 31.5. The zero-order valence-corrected chi connectivity index (χ0v) is 6.05. The first-order valence-corrected chi connectivity index (χ1v) is 3.05. The van der Waals surface area contributed by atoms with Gasteiger partial charge in [-0.25, -0.2) is 4.79 Å². The van der Waals surface area contributed by atoms with Crippen molar-refractivity contribution < 1.29 is 34.4 Å². The van der Waals surface area contributed by atoms with Crippen LogP contribution < -0.4 is 5.32 Å². The fourth-order valence-electron chi connectivity index (χ4n) is 0.808. The number of rotatable bonds is 1. The van der Waals surface area contributed by atoms with Crippen LogP contribution >= 0.6 is 0 Å². The Hall–Kier alpha value is -1.67. The molecular formula is C5H5NO7. The van der Waals surface area contributed by atoms with Crippen LogP contribution in [0.3, 0.4) is 0 Å². The summed E-state index contributed by atoms with van der Waals surface area (Å²) in [5, 5.41) is 27.4. The number of carbonyl (C=O) groups excluding carboxylic acids is 2. The normalized spacial score (nSPS) is 32.9. The molecule has 4 N–H and O–H groups in total. The van der Waals surface area contributed by atoms with E-state index >= 15 is 0 Å². The second-order valence-electron chi connectivity index (χ2n) is 2.25. The third-order valence-electron chi connectivity index (χ3n) is 1.39. The molecule has 0 radical (unpaired) electrons. The monoisotopic (exact) mass is 191 g/mol. The highest BCUT2D eigenvalue weighted by atomic mass is 16.7. The summed E-state index contributed by atoms with van der Waals surface area (Å²) in [5.41, 5.74) is 0. The van der Waals surface area contributed by atoms with Gasteiger partial charge in [0.1, 0.15) is 0 Å². The van der Waals surface area contributed by atoms with E-state index in [4.69, 9.17) is 15.3 Å². The molecule has 13 heavy (non-hydrogen) atoms. The minimum Gasteiger partial charge on any atom is -0.450 e.